The van der Waals surface area contributed by atoms with E-state index in [9.17, 15) is 4.79 Å². The summed E-state index contributed by atoms with van der Waals surface area (Å²) in [4.78, 5) is 11.4. The van der Waals surface area contributed by atoms with Crippen molar-refractivity contribution in [3.05, 3.63) is 28.9 Å². The average molecular weight is 276 g/mol. The number of hydrogen-bond donors (Lipinski definition) is 1. The Morgan fingerprint density at radius 1 is 1.58 bits per heavy atom. The topological polar surface area (TPSA) is 65.3 Å². The van der Waals surface area contributed by atoms with Gasteiger partial charge in [-0.2, -0.15) is 5.10 Å². The minimum absolute atomic E-state index is 0.109. The number of nitrogens with two attached hydrogens (primary N) is 1. The first-order chi connectivity index (χ1) is 5.68. The van der Waals surface area contributed by atoms with Gasteiger partial charge in [-0.1, -0.05) is 0 Å². The zero-order valence-electron chi connectivity index (χ0n) is 5.94. The lowest BCUT2D eigenvalue weighted by Gasteiger charge is -1.93. The zero-order chi connectivity index (χ0) is 8.72. The van der Waals surface area contributed by atoms with Gasteiger partial charge in [0, 0.05) is 0 Å². The van der Waals surface area contributed by atoms with E-state index in [1.165, 1.54) is 13.6 Å². The van der Waals surface area contributed by atoms with E-state index < -0.39 is 0 Å². The fourth-order valence-electron chi connectivity index (χ4n) is 0.990. The quantitative estimate of drug-likeness (QED) is 0.703. The SMILES string of the molecule is Nc1cc2c(=O)n(I)cnn2c1. The first-order valence-electron chi connectivity index (χ1n) is 3.20. The summed E-state index contributed by atoms with van der Waals surface area (Å²) >= 11 is 1.87. The molecule has 0 aliphatic heterocycles. The van der Waals surface area contributed by atoms with Gasteiger partial charge in [0.05, 0.1) is 34.7 Å². The van der Waals surface area contributed by atoms with Gasteiger partial charge in [-0.15, -0.1) is 0 Å². The summed E-state index contributed by atoms with van der Waals surface area (Å²) in [6, 6.07) is 1.60. The van der Waals surface area contributed by atoms with E-state index in [4.69, 9.17) is 5.73 Å². The van der Waals surface area contributed by atoms with Crippen molar-refractivity contribution in [1.82, 2.24) is 12.4 Å². The van der Waals surface area contributed by atoms with Crippen LogP contribution in [0.25, 0.3) is 5.52 Å². The van der Waals surface area contributed by atoms with Gasteiger partial charge < -0.3 is 5.73 Å². The van der Waals surface area contributed by atoms with Crippen molar-refractivity contribution in [3.8, 4) is 0 Å². The smallest absolute Gasteiger partial charge is 0.286 e. The van der Waals surface area contributed by atoms with Gasteiger partial charge >= 0.3 is 0 Å². The summed E-state index contributed by atoms with van der Waals surface area (Å²) in [6.07, 6.45) is 3.04. The molecule has 0 atom stereocenters. The summed E-state index contributed by atoms with van der Waals surface area (Å²) < 4.78 is 2.85. The molecule has 0 radical (unpaired) electrons. The number of fused-ring (bicyclic) bond motifs is 1. The maximum atomic E-state index is 11.4. The maximum Gasteiger partial charge on any atom is 0.286 e. The second-order valence-corrected chi connectivity index (χ2v) is 3.39. The van der Waals surface area contributed by atoms with Crippen LogP contribution in [-0.2, 0) is 0 Å². The van der Waals surface area contributed by atoms with Crippen molar-refractivity contribution in [3.63, 3.8) is 0 Å². The first-order valence-corrected chi connectivity index (χ1v) is 4.16. The van der Waals surface area contributed by atoms with E-state index in [1.54, 1.807) is 12.3 Å². The molecular formula is C6H5IN4O. The maximum absolute atomic E-state index is 11.4. The molecule has 5 nitrogen and oxygen atoms in total. The van der Waals surface area contributed by atoms with Crippen molar-refractivity contribution in [1.29, 1.82) is 0 Å². The number of hydrogen-bond acceptors (Lipinski definition) is 3. The molecule has 6 heteroatoms. The van der Waals surface area contributed by atoms with Gasteiger partial charge in [0.1, 0.15) is 11.8 Å². The van der Waals surface area contributed by atoms with E-state index in [2.05, 4.69) is 5.10 Å². The molecule has 0 spiro atoms. The third-order valence-electron chi connectivity index (χ3n) is 1.51. The van der Waals surface area contributed by atoms with Crippen molar-refractivity contribution >= 4 is 34.1 Å². The fourth-order valence-corrected chi connectivity index (χ4v) is 1.35. The molecule has 2 heterocycles. The second-order valence-electron chi connectivity index (χ2n) is 2.35. The van der Waals surface area contributed by atoms with E-state index in [-0.39, 0.29) is 5.56 Å². The van der Waals surface area contributed by atoms with Gasteiger partial charge in [0.15, 0.2) is 0 Å². The van der Waals surface area contributed by atoms with Gasteiger partial charge in [-0.3, -0.25) is 4.79 Å². The number of rotatable bonds is 0. The molecule has 0 aliphatic rings. The standard InChI is InChI=1S/C6H5IN4O/c7-10-3-9-11-2-4(8)1-5(11)6(10)12/h1-3H,8H2. The average Bonchev–Trinajstić information content (AvgIpc) is 2.39. The highest BCUT2D eigenvalue weighted by Crippen LogP contribution is 2.05. The molecule has 0 saturated heterocycles. The van der Waals surface area contributed by atoms with Crippen molar-refractivity contribution < 1.29 is 0 Å². The third-order valence-corrected chi connectivity index (χ3v) is 2.20. The van der Waals surface area contributed by atoms with Gasteiger partial charge in [-0.25, -0.2) is 7.30 Å². The molecule has 0 aromatic carbocycles. The summed E-state index contributed by atoms with van der Waals surface area (Å²) in [7, 11) is 0. The highest BCUT2D eigenvalue weighted by Gasteiger charge is 2.02. The van der Waals surface area contributed by atoms with Crippen LogP contribution in [0.2, 0.25) is 0 Å². The van der Waals surface area contributed by atoms with Crippen LogP contribution in [0.4, 0.5) is 5.69 Å². The van der Waals surface area contributed by atoms with Crippen LogP contribution in [-0.4, -0.2) is 12.4 Å². The van der Waals surface area contributed by atoms with Gasteiger partial charge in [-0.05, 0) is 6.07 Å². The first kappa shape index (κ1) is 7.59. The van der Waals surface area contributed by atoms with Crippen LogP contribution >= 0.6 is 22.9 Å². The Labute approximate surface area is 81.3 Å². The highest BCUT2D eigenvalue weighted by atomic mass is 127. The number of halogens is 1. The molecule has 0 amide bonds. The minimum Gasteiger partial charge on any atom is -0.397 e. The molecule has 0 fully saturated rings. The molecule has 62 valence electrons. The van der Waals surface area contributed by atoms with E-state index in [0.29, 0.717) is 11.2 Å². The zero-order valence-corrected chi connectivity index (χ0v) is 8.09. The van der Waals surface area contributed by atoms with Crippen molar-refractivity contribution in [2.24, 2.45) is 0 Å². The Bertz CT molecular complexity index is 486. The van der Waals surface area contributed by atoms with Crippen LogP contribution in [0.1, 0.15) is 0 Å². The fraction of sp³-hybridized carbons (Fsp3) is 0. The molecule has 0 aliphatic carbocycles. The lowest BCUT2D eigenvalue weighted by atomic mass is 10.5. The number of aromatic nitrogens is 3. The van der Waals surface area contributed by atoms with E-state index >= 15 is 0 Å². The summed E-state index contributed by atoms with van der Waals surface area (Å²) in [6.45, 7) is 0. The molecule has 0 unspecified atom stereocenters. The lowest BCUT2D eigenvalue weighted by molar-refractivity contribution is 0.882. The predicted octanol–water partition coefficient (Wildman–Crippen LogP) is 0.276. The molecular weight excluding hydrogens is 271 g/mol. The summed E-state index contributed by atoms with van der Waals surface area (Å²) in [5.41, 5.74) is 6.42. The van der Waals surface area contributed by atoms with Crippen LogP contribution in [0, 0.1) is 0 Å². The number of anilines is 1. The normalized spacial score (nSPS) is 10.8. The highest BCUT2D eigenvalue weighted by molar-refractivity contribution is 14.1. The molecule has 0 bridgehead atoms. The Morgan fingerprint density at radius 2 is 2.33 bits per heavy atom. The molecule has 2 N–H and O–H groups in total. The number of nitrogens with zero attached hydrogens (tertiary/aromatic N) is 3. The Balaban J connectivity index is 2.99. The largest absolute Gasteiger partial charge is 0.397 e. The summed E-state index contributed by atoms with van der Waals surface area (Å²) in [5.74, 6) is 0. The number of nitrogen functional groups attached to an aromatic ring is 1. The minimum atomic E-state index is -0.109. The van der Waals surface area contributed by atoms with Gasteiger partial charge in [0.2, 0.25) is 0 Å². The van der Waals surface area contributed by atoms with Crippen LogP contribution in [0.5, 0.6) is 0 Å². The Morgan fingerprint density at radius 3 is 3.08 bits per heavy atom. The predicted molar refractivity (Wildman–Crippen MR) is 53.3 cm³/mol. The Kier molecular flexibility index (Phi) is 1.56. The summed E-state index contributed by atoms with van der Waals surface area (Å²) in [5, 5.41) is 3.95. The molecule has 0 saturated carbocycles. The Hall–Kier alpha value is -1.05. The van der Waals surface area contributed by atoms with Crippen LogP contribution < -0.4 is 11.3 Å². The molecule has 12 heavy (non-hydrogen) atoms. The molecule has 2 aromatic heterocycles. The van der Waals surface area contributed by atoms with Crippen LogP contribution in [0.3, 0.4) is 0 Å². The lowest BCUT2D eigenvalue weighted by Crippen LogP contribution is -2.15. The van der Waals surface area contributed by atoms with Crippen molar-refractivity contribution in [2.45, 2.75) is 0 Å². The monoisotopic (exact) mass is 276 g/mol. The molecule has 2 aromatic rings. The third kappa shape index (κ3) is 0.986. The molecule has 2 rings (SSSR count). The van der Waals surface area contributed by atoms with Gasteiger partial charge in [0.25, 0.3) is 5.56 Å². The van der Waals surface area contributed by atoms with E-state index in [1.807, 2.05) is 22.9 Å². The van der Waals surface area contributed by atoms with Crippen LogP contribution in [0.15, 0.2) is 23.4 Å². The van der Waals surface area contributed by atoms with Crippen molar-refractivity contribution in [2.75, 3.05) is 5.73 Å². The second kappa shape index (κ2) is 2.47. The van der Waals surface area contributed by atoms with E-state index in [0.717, 1.165) is 0 Å².